The third-order valence-corrected chi connectivity index (χ3v) is 3.83. The molecule has 2 rings (SSSR count). The average molecular weight is 319 g/mol. The van der Waals surface area contributed by atoms with Crippen LogP contribution in [0.5, 0.6) is 0 Å². The highest BCUT2D eigenvalue weighted by atomic mass is 16.5. The molecule has 126 valence electrons. The van der Waals surface area contributed by atoms with Gasteiger partial charge in [-0.15, -0.1) is 0 Å². The molecule has 1 aromatic carbocycles. The lowest BCUT2D eigenvalue weighted by atomic mass is 10.2. The molecule has 0 bridgehead atoms. The molecule has 0 aromatic heterocycles. The van der Waals surface area contributed by atoms with E-state index < -0.39 is 6.04 Å². The number of fused-ring (bicyclic) bond motifs is 1. The van der Waals surface area contributed by atoms with Crippen LogP contribution in [-0.2, 0) is 16.0 Å². The first-order chi connectivity index (χ1) is 11.1. The molecule has 2 N–H and O–H groups in total. The Morgan fingerprint density at radius 3 is 2.91 bits per heavy atom. The molecular formula is C17H25N3O3. The Morgan fingerprint density at radius 2 is 2.13 bits per heavy atom. The highest BCUT2D eigenvalue weighted by Crippen LogP contribution is 2.27. The van der Waals surface area contributed by atoms with Gasteiger partial charge in [-0.1, -0.05) is 18.2 Å². The van der Waals surface area contributed by atoms with E-state index in [0.29, 0.717) is 26.3 Å². The average Bonchev–Trinajstić information content (AvgIpc) is 2.98. The van der Waals surface area contributed by atoms with Gasteiger partial charge in [-0.25, -0.2) is 4.79 Å². The van der Waals surface area contributed by atoms with Gasteiger partial charge in [0.2, 0.25) is 5.91 Å². The minimum atomic E-state index is -0.562. The number of urea groups is 1. The van der Waals surface area contributed by atoms with Gasteiger partial charge < -0.3 is 20.3 Å². The van der Waals surface area contributed by atoms with Crippen LogP contribution in [0.2, 0.25) is 0 Å². The van der Waals surface area contributed by atoms with Crippen molar-refractivity contribution in [2.24, 2.45) is 0 Å². The summed E-state index contributed by atoms with van der Waals surface area (Å²) in [6.45, 7) is 6.14. The maximum Gasteiger partial charge on any atom is 0.315 e. The Bertz CT molecular complexity index is 548. The van der Waals surface area contributed by atoms with E-state index in [1.165, 1.54) is 5.56 Å². The first-order valence-electron chi connectivity index (χ1n) is 8.15. The van der Waals surface area contributed by atoms with Crippen molar-refractivity contribution in [1.82, 2.24) is 10.6 Å². The fourth-order valence-electron chi connectivity index (χ4n) is 2.63. The molecule has 1 aliphatic heterocycles. The van der Waals surface area contributed by atoms with Gasteiger partial charge >= 0.3 is 6.03 Å². The van der Waals surface area contributed by atoms with Gasteiger partial charge in [-0.2, -0.15) is 0 Å². The molecule has 0 radical (unpaired) electrons. The van der Waals surface area contributed by atoms with E-state index in [1.54, 1.807) is 11.8 Å². The number of carbonyl (C=O) groups is 2. The number of nitrogens with zero attached hydrogens (tertiary/aromatic N) is 1. The smallest absolute Gasteiger partial charge is 0.315 e. The second kappa shape index (κ2) is 8.53. The van der Waals surface area contributed by atoms with Crippen molar-refractivity contribution in [2.45, 2.75) is 32.7 Å². The van der Waals surface area contributed by atoms with Crippen LogP contribution >= 0.6 is 0 Å². The fraction of sp³-hybridized carbons (Fsp3) is 0.529. The van der Waals surface area contributed by atoms with Crippen LogP contribution in [0, 0.1) is 0 Å². The molecule has 3 amide bonds. The third-order valence-electron chi connectivity index (χ3n) is 3.83. The van der Waals surface area contributed by atoms with Crippen molar-refractivity contribution in [1.29, 1.82) is 0 Å². The summed E-state index contributed by atoms with van der Waals surface area (Å²) in [5.74, 6) is -0.0839. The van der Waals surface area contributed by atoms with Gasteiger partial charge in [0.25, 0.3) is 0 Å². The molecule has 6 nitrogen and oxygen atoms in total. The fourth-order valence-corrected chi connectivity index (χ4v) is 2.63. The SMILES string of the molecule is CCOCCCNC(=O)NC(C)C(=O)N1CCc2ccccc21. The second-order valence-corrected chi connectivity index (χ2v) is 5.54. The molecule has 1 atom stereocenters. The predicted octanol–water partition coefficient (Wildman–Crippen LogP) is 1.69. The third kappa shape index (κ3) is 4.69. The molecule has 0 saturated carbocycles. The minimum absolute atomic E-state index is 0.0839. The van der Waals surface area contributed by atoms with Gasteiger partial charge in [0.1, 0.15) is 6.04 Å². The van der Waals surface area contributed by atoms with Gasteiger partial charge in [-0.3, -0.25) is 4.79 Å². The Kier molecular flexibility index (Phi) is 6.40. The van der Waals surface area contributed by atoms with E-state index >= 15 is 0 Å². The Balaban J connectivity index is 1.78. The summed E-state index contributed by atoms with van der Waals surface area (Å²) in [7, 11) is 0. The van der Waals surface area contributed by atoms with Gasteiger partial charge in [0, 0.05) is 32.0 Å². The lowest BCUT2D eigenvalue weighted by Crippen LogP contribution is -2.49. The quantitative estimate of drug-likeness (QED) is 0.751. The van der Waals surface area contributed by atoms with Gasteiger partial charge in [-0.05, 0) is 38.3 Å². The number of anilines is 1. The van der Waals surface area contributed by atoms with Crippen molar-refractivity contribution in [3.05, 3.63) is 29.8 Å². The summed E-state index contributed by atoms with van der Waals surface area (Å²) in [5, 5.41) is 5.43. The first-order valence-corrected chi connectivity index (χ1v) is 8.15. The molecule has 6 heteroatoms. The highest BCUT2D eigenvalue weighted by Gasteiger charge is 2.28. The summed E-state index contributed by atoms with van der Waals surface area (Å²) in [4.78, 5) is 26.1. The van der Waals surface area contributed by atoms with E-state index in [0.717, 1.165) is 18.5 Å². The molecule has 1 aromatic rings. The van der Waals surface area contributed by atoms with Crippen LogP contribution < -0.4 is 15.5 Å². The first kappa shape index (κ1) is 17.3. The monoisotopic (exact) mass is 319 g/mol. The predicted molar refractivity (Wildman–Crippen MR) is 89.6 cm³/mol. The summed E-state index contributed by atoms with van der Waals surface area (Å²) in [6.07, 6.45) is 1.61. The topological polar surface area (TPSA) is 70.7 Å². The number of ether oxygens (including phenoxy) is 1. The van der Waals surface area contributed by atoms with Crippen molar-refractivity contribution in [3.63, 3.8) is 0 Å². The molecule has 1 unspecified atom stereocenters. The molecule has 23 heavy (non-hydrogen) atoms. The van der Waals surface area contributed by atoms with Crippen LogP contribution in [0.1, 0.15) is 25.8 Å². The van der Waals surface area contributed by atoms with Crippen LogP contribution in [-0.4, -0.2) is 44.3 Å². The molecular weight excluding hydrogens is 294 g/mol. The summed E-state index contributed by atoms with van der Waals surface area (Å²) in [6, 6.07) is 6.99. The molecule has 0 fully saturated rings. The normalized spacial score (nSPS) is 14.3. The molecule has 0 saturated heterocycles. The Hall–Kier alpha value is -2.08. The Labute approximate surface area is 137 Å². The van der Waals surface area contributed by atoms with Crippen LogP contribution in [0.3, 0.4) is 0 Å². The van der Waals surface area contributed by atoms with Crippen LogP contribution in [0.15, 0.2) is 24.3 Å². The Morgan fingerprint density at radius 1 is 1.35 bits per heavy atom. The van der Waals surface area contributed by atoms with E-state index in [1.807, 2.05) is 31.2 Å². The zero-order valence-electron chi connectivity index (χ0n) is 13.8. The van der Waals surface area contributed by atoms with E-state index in [-0.39, 0.29) is 11.9 Å². The molecule has 1 aliphatic rings. The summed E-state index contributed by atoms with van der Waals surface area (Å²) < 4.78 is 5.20. The number of para-hydroxylation sites is 1. The number of hydrogen-bond acceptors (Lipinski definition) is 3. The molecule has 0 aliphatic carbocycles. The summed E-state index contributed by atoms with van der Waals surface area (Å²) in [5.41, 5.74) is 2.12. The number of nitrogens with one attached hydrogen (secondary N) is 2. The van der Waals surface area contributed by atoms with Crippen molar-refractivity contribution in [3.8, 4) is 0 Å². The van der Waals surface area contributed by atoms with Crippen molar-refractivity contribution < 1.29 is 14.3 Å². The van der Waals surface area contributed by atoms with Crippen molar-refractivity contribution in [2.75, 3.05) is 31.2 Å². The summed E-state index contributed by atoms with van der Waals surface area (Å²) >= 11 is 0. The van der Waals surface area contributed by atoms with Crippen LogP contribution in [0.4, 0.5) is 10.5 Å². The van der Waals surface area contributed by atoms with Crippen LogP contribution in [0.25, 0.3) is 0 Å². The van der Waals surface area contributed by atoms with Gasteiger partial charge in [0.05, 0.1) is 0 Å². The maximum atomic E-state index is 12.5. The highest BCUT2D eigenvalue weighted by molar-refractivity contribution is 6.00. The second-order valence-electron chi connectivity index (χ2n) is 5.54. The lowest BCUT2D eigenvalue weighted by Gasteiger charge is -2.22. The van der Waals surface area contributed by atoms with Gasteiger partial charge in [0.15, 0.2) is 0 Å². The van der Waals surface area contributed by atoms with E-state index in [2.05, 4.69) is 10.6 Å². The molecule has 1 heterocycles. The molecule has 0 spiro atoms. The number of rotatable bonds is 7. The number of hydrogen-bond donors (Lipinski definition) is 2. The van der Waals surface area contributed by atoms with E-state index in [9.17, 15) is 9.59 Å². The number of benzene rings is 1. The zero-order chi connectivity index (χ0) is 16.7. The van der Waals surface area contributed by atoms with Crippen molar-refractivity contribution >= 4 is 17.6 Å². The maximum absolute atomic E-state index is 12.5. The number of carbonyl (C=O) groups excluding carboxylic acids is 2. The lowest BCUT2D eigenvalue weighted by molar-refractivity contribution is -0.119. The minimum Gasteiger partial charge on any atom is -0.382 e. The van der Waals surface area contributed by atoms with E-state index in [4.69, 9.17) is 4.74 Å². The number of amides is 3. The zero-order valence-corrected chi connectivity index (χ0v) is 13.8. The standard InChI is InChI=1S/C17H25N3O3/c1-3-23-12-6-10-18-17(22)19-13(2)16(21)20-11-9-14-7-4-5-8-15(14)20/h4-5,7-8,13H,3,6,9-12H2,1-2H3,(H2,18,19,22). The largest absolute Gasteiger partial charge is 0.382 e.